The molecule has 2 aromatic carbocycles. The van der Waals surface area contributed by atoms with Crippen molar-refractivity contribution in [3.63, 3.8) is 0 Å². The first kappa shape index (κ1) is 22.0. The number of hydrogen-bond acceptors (Lipinski definition) is 8. The highest BCUT2D eigenvalue weighted by Gasteiger charge is 2.18. The second-order valence-electron chi connectivity index (χ2n) is 7.32. The van der Waals surface area contributed by atoms with Crippen molar-refractivity contribution < 1.29 is 9.53 Å². The number of morpholine rings is 1. The summed E-state index contributed by atoms with van der Waals surface area (Å²) in [4.78, 5) is 28.3. The molecular formula is C23H26N6O2S. The zero-order valence-electron chi connectivity index (χ0n) is 17.9. The number of carbonyl (C=O) groups excluding carboxylic acids is 1. The van der Waals surface area contributed by atoms with Gasteiger partial charge >= 0.3 is 0 Å². The van der Waals surface area contributed by atoms with E-state index in [2.05, 4.69) is 30.5 Å². The zero-order chi connectivity index (χ0) is 22.2. The molecule has 1 amide bonds. The van der Waals surface area contributed by atoms with E-state index in [4.69, 9.17) is 4.74 Å². The predicted octanol–water partition coefficient (Wildman–Crippen LogP) is 3.42. The zero-order valence-corrected chi connectivity index (χ0v) is 18.7. The number of aromatic nitrogens is 3. The normalized spacial score (nSPS) is 14.6. The van der Waals surface area contributed by atoms with Crippen LogP contribution in [0.25, 0.3) is 0 Å². The Balaban J connectivity index is 1.45. The summed E-state index contributed by atoms with van der Waals surface area (Å²) in [5.41, 5.74) is 1.95. The SMILES string of the molecule is C[C@H](NC(=O)CSc1nc(Nc2ccccc2)nc(N2CCOCC2)n1)c1ccccc1. The van der Waals surface area contributed by atoms with Gasteiger partial charge in [0, 0.05) is 18.8 Å². The molecule has 4 rings (SSSR count). The maximum absolute atomic E-state index is 12.5. The predicted molar refractivity (Wildman–Crippen MR) is 126 cm³/mol. The molecule has 1 fully saturated rings. The van der Waals surface area contributed by atoms with E-state index in [-0.39, 0.29) is 17.7 Å². The van der Waals surface area contributed by atoms with Crippen molar-refractivity contribution in [2.24, 2.45) is 0 Å². The third-order valence-corrected chi connectivity index (χ3v) is 5.78. The van der Waals surface area contributed by atoms with Gasteiger partial charge in [0.1, 0.15) is 0 Å². The summed E-state index contributed by atoms with van der Waals surface area (Å²) in [7, 11) is 0. The van der Waals surface area contributed by atoms with Crippen LogP contribution in [0.4, 0.5) is 17.6 Å². The lowest BCUT2D eigenvalue weighted by atomic mass is 10.1. The molecule has 1 saturated heterocycles. The van der Waals surface area contributed by atoms with Crippen molar-refractivity contribution >= 4 is 35.3 Å². The molecule has 1 aromatic heterocycles. The molecule has 166 valence electrons. The standard InChI is InChI=1S/C23H26N6O2S/c1-17(18-8-4-2-5-9-18)24-20(30)16-32-23-27-21(25-19-10-6-3-7-11-19)26-22(28-23)29-12-14-31-15-13-29/h2-11,17H,12-16H2,1H3,(H,24,30)(H,25,26,27,28)/t17-/m0/s1. The lowest BCUT2D eigenvalue weighted by Crippen LogP contribution is -2.37. The van der Waals surface area contributed by atoms with Crippen LogP contribution >= 0.6 is 11.8 Å². The van der Waals surface area contributed by atoms with Gasteiger partial charge in [-0.15, -0.1) is 0 Å². The Kier molecular flexibility index (Phi) is 7.52. The van der Waals surface area contributed by atoms with Gasteiger partial charge in [-0.05, 0) is 24.6 Å². The van der Waals surface area contributed by atoms with Crippen LogP contribution in [0.15, 0.2) is 65.8 Å². The van der Waals surface area contributed by atoms with Crippen LogP contribution in [-0.4, -0.2) is 52.9 Å². The first-order valence-corrected chi connectivity index (χ1v) is 11.5. The maximum atomic E-state index is 12.5. The van der Waals surface area contributed by atoms with Crippen molar-refractivity contribution in [1.29, 1.82) is 0 Å². The molecule has 0 spiro atoms. The van der Waals surface area contributed by atoms with Gasteiger partial charge in [0.05, 0.1) is 25.0 Å². The Bertz CT molecular complexity index is 1020. The number of carbonyl (C=O) groups is 1. The van der Waals surface area contributed by atoms with Crippen LogP contribution in [0.3, 0.4) is 0 Å². The fourth-order valence-corrected chi connectivity index (χ4v) is 3.90. The fraction of sp³-hybridized carbons (Fsp3) is 0.304. The molecule has 3 aromatic rings. The molecular weight excluding hydrogens is 424 g/mol. The second-order valence-corrected chi connectivity index (χ2v) is 8.26. The van der Waals surface area contributed by atoms with Crippen LogP contribution in [-0.2, 0) is 9.53 Å². The third kappa shape index (κ3) is 6.18. The minimum Gasteiger partial charge on any atom is -0.378 e. The average Bonchev–Trinajstić information content (AvgIpc) is 2.84. The highest BCUT2D eigenvalue weighted by molar-refractivity contribution is 7.99. The number of benzene rings is 2. The topological polar surface area (TPSA) is 92.3 Å². The van der Waals surface area contributed by atoms with Crippen LogP contribution < -0.4 is 15.5 Å². The first-order valence-electron chi connectivity index (χ1n) is 10.6. The van der Waals surface area contributed by atoms with Crippen LogP contribution in [0.2, 0.25) is 0 Å². The largest absolute Gasteiger partial charge is 0.378 e. The van der Waals surface area contributed by atoms with E-state index in [1.54, 1.807) is 0 Å². The summed E-state index contributed by atoms with van der Waals surface area (Å²) in [6.45, 7) is 4.67. The Morgan fingerprint density at radius 2 is 1.72 bits per heavy atom. The molecule has 0 bridgehead atoms. The molecule has 32 heavy (non-hydrogen) atoms. The third-order valence-electron chi connectivity index (χ3n) is 4.94. The van der Waals surface area contributed by atoms with Gasteiger partial charge in [-0.3, -0.25) is 4.79 Å². The van der Waals surface area contributed by atoms with E-state index in [1.807, 2.05) is 67.6 Å². The lowest BCUT2D eigenvalue weighted by Gasteiger charge is -2.27. The summed E-state index contributed by atoms with van der Waals surface area (Å²) < 4.78 is 5.44. The molecule has 0 unspecified atom stereocenters. The minimum atomic E-state index is -0.0720. The van der Waals surface area contributed by atoms with E-state index in [0.717, 1.165) is 11.3 Å². The molecule has 8 nitrogen and oxygen atoms in total. The van der Waals surface area contributed by atoms with Gasteiger partial charge in [0.15, 0.2) is 5.16 Å². The highest BCUT2D eigenvalue weighted by Crippen LogP contribution is 2.22. The quantitative estimate of drug-likeness (QED) is 0.505. The lowest BCUT2D eigenvalue weighted by molar-refractivity contribution is -0.119. The summed E-state index contributed by atoms with van der Waals surface area (Å²) in [5, 5.41) is 6.76. The average molecular weight is 451 g/mol. The number of ether oxygens (including phenoxy) is 1. The first-order chi connectivity index (χ1) is 15.7. The number of hydrogen-bond donors (Lipinski definition) is 2. The Hall–Kier alpha value is -3.17. The second kappa shape index (κ2) is 10.9. The van der Waals surface area contributed by atoms with Crippen molar-refractivity contribution in [3.8, 4) is 0 Å². The number of nitrogens with one attached hydrogen (secondary N) is 2. The number of rotatable bonds is 8. The molecule has 2 N–H and O–H groups in total. The Labute approximate surface area is 191 Å². The molecule has 1 atom stereocenters. The van der Waals surface area contributed by atoms with E-state index < -0.39 is 0 Å². The van der Waals surface area contributed by atoms with E-state index >= 15 is 0 Å². The summed E-state index contributed by atoms with van der Waals surface area (Å²) in [6.07, 6.45) is 0. The van der Waals surface area contributed by atoms with Crippen molar-refractivity contribution in [2.75, 3.05) is 42.3 Å². The molecule has 1 aliphatic heterocycles. The maximum Gasteiger partial charge on any atom is 0.233 e. The number of amides is 1. The van der Waals surface area contributed by atoms with E-state index in [9.17, 15) is 4.79 Å². The van der Waals surface area contributed by atoms with Gasteiger partial charge in [-0.1, -0.05) is 60.3 Å². The van der Waals surface area contributed by atoms with Crippen molar-refractivity contribution in [2.45, 2.75) is 18.1 Å². The van der Waals surface area contributed by atoms with Crippen molar-refractivity contribution in [3.05, 3.63) is 66.2 Å². The monoisotopic (exact) mass is 450 g/mol. The van der Waals surface area contributed by atoms with Gasteiger partial charge in [-0.2, -0.15) is 15.0 Å². The summed E-state index contributed by atoms with van der Waals surface area (Å²) in [5.74, 6) is 1.18. The summed E-state index contributed by atoms with van der Waals surface area (Å²) in [6, 6.07) is 19.6. The Morgan fingerprint density at radius 3 is 2.44 bits per heavy atom. The molecule has 9 heteroatoms. The molecule has 0 radical (unpaired) electrons. The van der Waals surface area contributed by atoms with E-state index in [1.165, 1.54) is 11.8 Å². The van der Waals surface area contributed by atoms with Crippen molar-refractivity contribution in [1.82, 2.24) is 20.3 Å². The molecule has 1 aliphatic rings. The summed E-state index contributed by atoms with van der Waals surface area (Å²) >= 11 is 1.30. The molecule has 0 aliphatic carbocycles. The van der Waals surface area contributed by atoms with E-state index in [0.29, 0.717) is 43.4 Å². The molecule has 2 heterocycles. The number of nitrogens with zero attached hydrogens (tertiary/aromatic N) is 4. The minimum absolute atomic E-state index is 0.0677. The van der Waals surface area contributed by atoms with Crippen LogP contribution in [0.5, 0.6) is 0 Å². The van der Waals surface area contributed by atoms with Crippen LogP contribution in [0, 0.1) is 0 Å². The van der Waals surface area contributed by atoms with Gasteiger partial charge in [-0.25, -0.2) is 0 Å². The Morgan fingerprint density at radius 1 is 1.03 bits per heavy atom. The van der Waals surface area contributed by atoms with Crippen LogP contribution in [0.1, 0.15) is 18.5 Å². The number of para-hydroxylation sites is 1. The smallest absolute Gasteiger partial charge is 0.233 e. The fourth-order valence-electron chi connectivity index (χ4n) is 3.26. The molecule has 0 saturated carbocycles. The number of thioether (sulfide) groups is 1. The van der Waals surface area contributed by atoms with Gasteiger partial charge in [0.25, 0.3) is 0 Å². The highest BCUT2D eigenvalue weighted by atomic mass is 32.2. The number of anilines is 3. The van der Waals surface area contributed by atoms with Gasteiger partial charge in [0.2, 0.25) is 17.8 Å². The van der Waals surface area contributed by atoms with Gasteiger partial charge < -0.3 is 20.3 Å².